The van der Waals surface area contributed by atoms with E-state index in [0.29, 0.717) is 6.42 Å². The fraction of sp³-hybridized carbons (Fsp3) is 1.00. The van der Waals surface area contributed by atoms with Crippen LogP contribution in [-0.4, -0.2) is 30.7 Å². The molecular formula is C8H16FN. The van der Waals surface area contributed by atoms with Crippen LogP contribution in [0.25, 0.3) is 0 Å². The second-order valence-corrected chi connectivity index (χ2v) is 2.90. The van der Waals surface area contributed by atoms with Crippen molar-refractivity contribution in [2.45, 2.75) is 32.2 Å². The number of halogens is 1. The molecule has 0 aromatic rings. The summed E-state index contributed by atoms with van der Waals surface area (Å²) in [6.07, 6.45) is 3.38. The Bertz CT molecular complexity index is 91.3. The first-order valence-corrected chi connectivity index (χ1v) is 4.18. The zero-order chi connectivity index (χ0) is 7.40. The van der Waals surface area contributed by atoms with Crippen LogP contribution >= 0.6 is 0 Å². The molecule has 0 amide bonds. The van der Waals surface area contributed by atoms with Crippen LogP contribution < -0.4 is 0 Å². The molecule has 10 heavy (non-hydrogen) atoms. The van der Waals surface area contributed by atoms with E-state index in [1.54, 1.807) is 0 Å². The van der Waals surface area contributed by atoms with Crippen LogP contribution in [-0.2, 0) is 0 Å². The van der Waals surface area contributed by atoms with Gasteiger partial charge in [-0.1, -0.05) is 6.92 Å². The Hall–Kier alpha value is -0.110. The summed E-state index contributed by atoms with van der Waals surface area (Å²) in [6.45, 7) is 4.03. The third-order valence-corrected chi connectivity index (χ3v) is 2.05. The number of rotatable bonds is 5. The fourth-order valence-electron chi connectivity index (χ4n) is 1.30. The maximum absolute atomic E-state index is 11.7. The monoisotopic (exact) mass is 145 g/mol. The van der Waals surface area contributed by atoms with Crippen LogP contribution in [0.2, 0.25) is 0 Å². The topological polar surface area (TPSA) is 3.24 Å². The van der Waals surface area contributed by atoms with E-state index >= 15 is 0 Å². The lowest BCUT2D eigenvalue weighted by molar-refractivity contribution is 0.262. The van der Waals surface area contributed by atoms with E-state index in [1.165, 1.54) is 12.8 Å². The Kier molecular flexibility index (Phi) is 3.13. The zero-order valence-electron chi connectivity index (χ0n) is 6.65. The van der Waals surface area contributed by atoms with Crippen molar-refractivity contribution < 1.29 is 4.39 Å². The van der Waals surface area contributed by atoms with Gasteiger partial charge >= 0.3 is 0 Å². The summed E-state index contributed by atoms with van der Waals surface area (Å²) in [5.41, 5.74) is 0. The summed E-state index contributed by atoms with van der Waals surface area (Å²) in [5.74, 6) is 0. The van der Waals surface area contributed by atoms with Crippen molar-refractivity contribution in [1.82, 2.24) is 4.90 Å². The molecule has 1 aliphatic rings. The molecule has 1 saturated carbocycles. The van der Waals surface area contributed by atoms with Crippen LogP contribution in [0.15, 0.2) is 0 Å². The average molecular weight is 145 g/mol. The number of nitrogens with zero attached hydrogens (tertiary/aromatic N) is 1. The van der Waals surface area contributed by atoms with Gasteiger partial charge in [0.15, 0.2) is 0 Å². The van der Waals surface area contributed by atoms with Crippen molar-refractivity contribution in [3.63, 3.8) is 0 Å². The molecule has 0 heterocycles. The lowest BCUT2D eigenvalue weighted by Crippen LogP contribution is -2.26. The molecule has 0 radical (unpaired) electrons. The van der Waals surface area contributed by atoms with Gasteiger partial charge in [-0.05, 0) is 25.8 Å². The van der Waals surface area contributed by atoms with E-state index in [-0.39, 0.29) is 6.67 Å². The van der Waals surface area contributed by atoms with Crippen LogP contribution in [0, 0.1) is 0 Å². The van der Waals surface area contributed by atoms with E-state index in [0.717, 1.165) is 19.1 Å². The summed E-state index contributed by atoms with van der Waals surface area (Å²) >= 11 is 0. The molecule has 1 aliphatic carbocycles. The van der Waals surface area contributed by atoms with E-state index in [2.05, 4.69) is 11.8 Å². The van der Waals surface area contributed by atoms with Crippen molar-refractivity contribution in [2.24, 2.45) is 0 Å². The maximum atomic E-state index is 11.7. The number of alkyl halides is 1. The summed E-state index contributed by atoms with van der Waals surface area (Å²) in [5, 5.41) is 0. The van der Waals surface area contributed by atoms with Gasteiger partial charge in [0, 0.05) is 12.6 Å². The summed E-state index contributed by atoms with van der Waals surface area (Å²) < 4.78 is 11.7. The van der Waals surface area contributed by atoms with Gasteiger partial charge in [0.05, 0.1) is 6.67 Å². The Balaban J connectivity index is 2.07. The van der Waals surface area contributed by atoms with Gasteiger partial charge in [0.25, 0.3) is 0 Å². The Labute approximate surface area is 62.2 Å². The summed E-state index contributed by atoms with van der Waals surface area (Å²) in [4.78, 5) is 2.37. The molecule has 0 aromatic carbocycles. The normalized spacial score (nSPS) is 18.3. The second kappa shape index (κ2) is 3.91. The highest BCUT2D eigenvalue weighted by molar-refractivity contribution is 4.83. The van der Waals surface area contributed by atoms with Gasteiger partial charge in [0.2, 0.25) is 0 Å². The minimum Gasteiger partial charge on any atom is -0.301 e. The first-order valence-electron chi connectivity index (χ1n) is 4.18. The Morgan fingerprint density at radius 1 is 1.50 bits per heavy atom. The molecule has 0 N–H and O–H groups in total. The lowest BCUT2D eigenvalue weighted by atomic mass is 10.4. The predicted molar refractivity (Wildman–Crippen MR) is 40.9 cm³/mol. The molecule has 1 nitrogen and oxygen atoms in total. The first kappa shape index (κ1) is 7.99. The van der Waals surface area contributed by atoms with Gasteiger partial charge in [-0.2, -0.15) is 0 Å². The average Bonchev–Trinajstić information content (AvgIpc) is 2.73. The van der Waals surface area contributed by atoms with Gasteiger partial charge in [0.1, 0.15) is 0 Å². The Morgan fingerprint density at radius 2 is 2.20 bits per heavy atom. The fourth-order valence-corrected chi connectivity index (χ4v) is 1.30. The summed E-state index contributed by atoms with van der Waals surface area (Å²) in [6, 6.07) is 0.802. The van der Waals surface area contributed by atoms with Crippen molar-refractivity contribution in [2.75, 3.05) is 19.8 Å². The van der Waals surface area contributed by atoms with Crippen LogP contribution in [0.5, 0.6) is 0 Å². The van der Waals surface area contributed by atoms with Gasteiger partial charge in [-0.25, -0.2) is 0 Å². The predicted octanol–water partition coefficient (Wildman–Crippen LogP) is 1.83. The quantitative estimate of drug-likeness (QED) is 0.570. The van der Waals surface area contributed by atoms with E-state index in [9.17, 15) is 4.39 Å². The molecule has 2 heteroatoms. The molecule has 1 fully saturated rings. The highest BCUT2D eigenvalue weighted by Crippen LogP contribution is 2.26. The Morgan fingerprint density at radius 3 is 2.60 bits per heavy atom. The lowest BCUT2D eigenvalue weighted by Gasteiger charge is -2.18. The molecule has 0 bridgehead atoms. The van der Waals surface area contributed by atoms with Crippen LogP contribution in [0.4, 0.5) is 4.39 Å². The maximum Gasteiger partial charge on any atom is 0.0906 e. The first-order chi connectivity index (χ1) is 4.88. The second-order valence-electron chi connectivity index (χ2n) is 2.90. The van der Waals surface area contributed by atoms with E-state index < -0.39 is 0 Å². The SMILES string of the molecule is CCN(CCCF)C1CC1. The van der Waals surface area contributed by atoms with Crippen molar-refractivity contribution in [3.8, 4) is 0 Å². The van der Waals surface area contributed by atoms with Gasteiger partial charge < -0.3 is 4.90 Å². The van der Waals surface area contributed by atoms with Gasteiger partial charge in [-0.3, -0.25) is 4.39 Å². The van der Waals surface area contributed by atoms with Crippen molar-refractivity contribution in [1.29, 1.82) is 0 Å². The minimum absolute atomic E-state index is 0.163. The molecule has 0 aliphatic heterocycles. The molecule has 60 valence electrons. The zero-order valence-corrected chi connectivity index (χ0v) is 6.65. The molecule has 0 unspecified atom stereocenters. The minimum atomic E-state index is -0.163. The number of hydrogen-bond donors (Lipinski definition) is 0. The number of hydrogen-bond acceptors (Lipinski definition) is 1. The van der Waals surface area contributed by atoms with Crippen molar-refractivity contribution >= 4 is 0 Å². The largest absolute Gasteiger partial charge is 0.301 e. The van der Waals surface area contributed by atoms with E-state index in [1.807, 2.05) is 0 Å². The highest BCUT2D eigenvalue weighted by atomic mass is 19.1. The van der Waals surface area contributed by atoms with Crippen LogP contribution in [0.1, 0.15) is 26.2 Å². The smallest absolute Gasteiger partial charge is 0.0906 e. The molecule has 0 saturated heterocycles. The molecule has 0 atom stereocenters. The molecule has 0 aromatic heterocycles. The summed E-state index contributed by atoms with van der Waals surface area (Å²) in [7, 11) is 0. The van der Waals surface area contributed by atoms with Crippen LogP contribution in [0.3, 0.4) is 0 Å². The van der Waals surface area contributed by atoms with Gasteiger partial charge in [-0.15, -0.1) is 0 Å². The molecule has 0 spiro atoms. The third kappa shape index (κ3) is 2.25. The standard InChI is InChI=1S/C8H16FN/c1-2-10(7-3-6-9)8-4-5-8/h8H,2-7H2,1H3. The van der Waals surface area contributed by atoms with E-state index in [4.69, 9.17) is 0 Å². The highest BCUT2D eigenvalue weighted by Gasteiger charge is 2.26. The van der Waals surface area contributed by atoms with Crippen molar-refractivity contribution in [3.05, 3.63) is 0 Å². The third-order valence-electron chi connectivity index (χ3n) is 2.05. The molecular weight excluding hydrogens is 129 g/mol. The molecule has 1 rings (SSSR count).